The molecule has 0 heterocycles. The van der Waals surface area contributed by atoms with Gasteiger partial charge in [-0.1, -0.05) is 46.8 Å². The summed E-state index contributed by atoms with van der Waals surface area (Å²) < 4.78 is 5.40. The maximum absolute atomic E-state index is 11.5. The number of esters is 1. The van der Waals surface area contributed by atoms with Crippen LogP contribution in [0.15, 0.2) is 41.9 Å². The Balaban J connectivity index is 3.34. The second-order valence-corrected chi connectivity index (χ2v) is 5.17. The minimum absolute atomic E-state index is 0.453. The standard InChI is InChI=1S/C15H17BrN2O2/c1-11(16)12-7-5-6-8-13(12)14(9-15(19)20-4)17-10-18(2)3/h5-10H,1H2,2-4H3/b14-9-,17-10?. The molecule has 0 amide bonds. The summed E-state index contributed by atoms with van der Waals surface area (Å²) >= 11 is 3.36. The summed E-state index contributed by atoms with van der Waals surface area (Å²) in [5.74, 6) is -0.453. The van der Waals surface area contributed by atoms with Crippen LogP contribution in [0.3, 0.4) is 0 Å². The first-order valence-corrected chi connectivity index (χ1v) is 6.69. The highest BCUT2D eigenvalue weighted by Crippen LogP contribution is 2.28. The van der Waals surface area contributed by atoms with E-state index in [2.05, 4.69) is 32.2 Å². The van der Waals surface area contributed by atoms with Gasteiger partial charge in [0.2, 0.25) is 0 Å². The van der Waals surface area contributed by atoms with Gasteiger partial charge in [-0.2, -0.15) is 0 Å². The average molecular weight is 337 g/mol. The zero-order valence-electron chi connectivity index (χ0n) is 11.8. The van der Waals surface area contributed by atoms with Gasteiger partial charge in [0.25, 0.3) is 0 Å². The third-order valence-electron chi connectivity index (χ3n) is 2.38. The van der Waals surface area contributed by atoms with Crippen molar-refractivity contribution < 1.29 is 9.53 Å². The van der Waals surface area contributed by atoms with Gasteiger partial charge in [-0.25, -0.2) is 9.79 Å². The number of aliphatic imine (C=N–C) groups is 1. The highest BCUT2D eigenvalue weighted by atomic mass is 79.9. The van der Waals surface area contributed by atoms with Gasteiger partial charge in [0.05, 0.1) is 19.1 Å². The van der Waals surface area contributed by atoms with Crippen LogP contribution in [0.25, 0.3) is 10.2 Å². The lowest BCUT2D eigenvalue weighted by Crippen LogP contribution is -2.08. The van der Waals surface area contributed by atoms with Crippen molar-refractivity contribution in [3.63, 3.8) is 0 Å². The van der Waals surface area contributed by atoms with Gasteiger partial charge in [-0.05, 0) is 5.56 Å². The molecule has 0 aromatic heterocycles. The normalized spacial score (nSPS) is 11.5. The average Bonchev–Trinajstić information content (AvgIpc) is 2.42. The van der Waals surface area contributed by atoms with Crippen molar-refractivity contribution in [2.24, 2.45) is 4.99 Å². The van der Waals surface area contributed by atoms with E-state index in [1.165, 1.54) is 13.2 Å². The smallest absolute Gasteiger partial charge is 0.332 e. The van der Waals surface area contributed by atoms with Crippen LogP contribution in [0.1, 0.15) is 11.1 Å². The molecule has 0 saturated carbocycles. The summed E-state index contributed by atoms with van der Waals surface area (Å²) in [5.41, 5.74) is 2.19. The van der Waals surface area contributed by atoms with Crippen LogP contribution in [-0.4, -0.2) is 38.4 Å². The zero-order chi connectivity index (χ0) is 15.1. The van der Waals surface area contributed by atoms with E-state index in [-0.39, 0.29) is 0 Å². The first kappa shape index (κ1) is 16.2. The fraction of sp³-hybridized carbons (Fsp3) is 0.200. The first-order chi connectivity index (χ1) is 9.45. The third kappa shape index (κ3) is 4.66. The fourth-order valence-electron chi connectivity index (χ4n) is 1.48. The van der Waals surface area contributed by atoms with E-state index in [9.17, 15) is 4.79 Å². The molecule has 1 aromatic rings. The quantitative estimate of drug-likeness (QED) is 0.359. The molecule has 0 radical (unpaired) electrons. The molecule has 1 aromatic carbocycles. The molecule has 4 nitrogen and oxygen atoms in total. The summed E-state index contributed by atoms with van der Waals surface area (Å²) in [7, 11) is 5.05. The Morgan fingerprint density at radius 2 is 1.95 bits per heavy atom. The number of carbonyl (C=O) groups excluding carboxylic acids is 1. The number of benzene rings is 1. The van der Waals surface area contributed by atoms with Gasteiger partial charge >= 0.3 is 5.97 Å². The topological polar surface area (TPSA) is 41.9 Å². The molecule has 0 fully saturated rings. The molecule has 20 heavy (non-hydrogen) atoms. The number of halogens is 1. The molecule has 0 bridgehead atoms. The lowest BCUT2D eigenvalue weighted by atomic mass is 10.0. The predicted molar refractivity (Wildman–Crippen MR) is 86.6 cm³/mol. The Morgan fingerprint density at radius 3 is 2.45 bits per heavy atom. The number of ether oxygens (including phenoxy) is 1. The minimum Gasteiger partial charge on any atom is -0.466 e. The second kappa shape index (κ2) is 7.65. The molecule has 0 aliphatic carbocycles. The van der Waals surface area contributed by atoms with Crippen molar-refractivity contribution in [2.45, 2.75) is 0 Å². The van der Waals surface area contributed by atoms with Crippen LogP contribution in [0.2, 0.25) is 0 Å². The number of rotatable bonds is 5. The van der Waals surface area contributed by atoms with Crippen LogP contribution in [0.5, 0.6) is 0 Å². The molecule has 0 spiro atoms. The predicted octanol–water partition coefficient (Wildman–Crippen LogP) is 3.16. The fourth-order valence-corrected chi connectivity index (χ4v) is 1.82. The molecule has 0 atom stereocenters. The maximum atomic E-state index is 11.5. The molecular formula is C15H17BrN2O2. The van der Waals surface area contributed by atoms with Crippen molar-refractivity contribution in [1.29, 1.82) is 0 Å². The number of hydrogen-bond acceptors (Lipinski definition) is 3. The van der Waals surface area contributed by atoms with E-state index in [0.717, 1.165) is 15.6 Å². The number of nitrogens with zero attached hydrogens (tertiary/aromatic N) is 2. The number of methoxy groups -OCH3 is 1. The van der Waals surface area contributed by atoms with Crippen molar-refractivity contribution in [2.75, 3.05) is 21.2 Å². The van der Waals surface area contributed by atoms with Gasteiger partial charge in [-0.15, -0.1) is 0 Å². The minimum atomic E-state index is -0.453. The van der Waals surface area contributed by atoms with Gasteiger partial charge in [0, 0.05) is 30.2 Å². The van der Waals surface area contributed by atoms with Crippen LogP contribution in [0.4, 0.5) is 0 Å². The van der Waals surface area contributed by atoms with Crippen LogP contribution < -0.4 is 0 Å². The highest BCUT2D eigenvalue weighted by Gasteiger charge is 2.10. The summed E-state index contributed by atoms with van der Waals surface area (Å²) in [4.78, 5) is 17.6. The largest absolute Gasteiger partial charge is 0.466 e. The van der Waals surface area contributed by atoms with E-state index in [4.69, 9.17) is 0 Å². The van der Waals surface area contributed by atoms with Crippen LogP contribution in [-0.2, 0) is 9.53 Å². The molecule has 0 saturated heterocycles. The second-order valence-electron chi connectivity index (χ2n) is 4.21. The van der Waals surface area contributed by atoms with E-state index < -0.39 is 5.97 Å². The first-order valence-electron chi connectivity index (χ1n) is 5.90. The Hall–Kier alpha value is -1.88. The Morgan fingerprint density at radius 1 is 1.35 bits per heavy atom. The van der Waals surface area contributed by atoms with Gasteiger partial charge in [0.15, 0.2) is 0 Å². The van der Waals surface area contributed by atoms with Crippen LogP contribution >= 0.6 is 15.9 Å². The van der Waals surface area contributed by atoms with Crippen molar-refractivity contribution in [3.8, 4) is 0 Å². The van der Waals surface area contributed by atoms with Gasteiger partial charge < -0.3 is 9.64 Å². The Labute approximate surface area is 127 Å². The molecule has 0 unspecified atom stereocenters. The highest BCUT2D eigenvalue weighted by molar-refractivity contribution is 9.15. The van der Waals surface area contributed by atoms with E-state index in [1.54, 1.807) is 11.2 Å². The molecule has 5 heteroatoms. The number of carbonyl (C=O) groups is 1. The Kier molecular flexibility index (Phi) is 6.18. The van der Waals surface area contributed by atoms with Crippen molar-refractivity contribution in [3.05, 3.63) is 48.0 Å². The van der Waals surface area contributed by atoms with Crippen LogP contribution in [0, 0.1) is 0 Å². The molecular weight excluding hydrogens is 320 g/mol. The summed E-state index contributed by atoms with van der Waals surface area (Å²) in [6.45, 7) is 3.87. The summed E-state index contributed by atoms with van der Waals surface area (Å²) in [5, 5.41) is 0. The maximum Gasteiger partial charge on any atom is 0.332 e. The molecule has 106 valence electrons. The lowest BCUT2D eigenvalue weighted by Gasteiger charge is -2.10. The number of hydrogen-bond donors (Lipinski definition) is 0. The lowest BCUT2D eigenvalue weighted by molar-refractivity contribution is -0.134. The van der Waals surface area contributed by atoms with Gasteiger partial charge in [0.1, 0.15) is 0 Å². The molecule has 1 rings (SSSR count). The van der Waals surface area contributed by atoms with E-state index >= 15 is 0 Å². The molecule has 0 aliphatic heterocycles. The van der Waals surface area contributed by atoms with Crippen molar-refractivity contribution in [1.82, 2.24) is 4.90 Å². The molecule has 0 aliphatic rings. The summed E-state index contributed by atoms with van der Waals surface area (Å²) in [6, 6.07) is 7.56. The molecule has 0 N–H and O–H groups in total. The zero-order valence-corrected chi connectivity index (χ0v) is 13.3. The SMILES string of the molecule is C=C(Br)c1ccccc1/C(=C/C(=O)OC)N=CN(C)C. The van der Waals surface area contributed by atoms with Gasteiger partial charge in [-0.3, -0.25) is 0 Å². The Bertz CT molecular complexity index is 563. The van der Waals surface area contributed by atoms with Crippen molar-refractivity contribution >= 4 is 38.4 Å². The van der Waals surface area contributed by atoms with E-state index in [0.29, 0.717) is 5.70 Å². The van der Waals surface area contributed by atoms with E-state index in [1.807, 2.05) is 38.4 Å². The summed E-state index contributed by atoms with van der Waals surface area (Å²) in [6.07, 6.45) is 2.98. The third-order valence-corrected chi connectivity index (χ3v) is 2.81. The monoisotopic (exact) mass is 336 g/mol.